The molecule has 2 rings (SSSR count). The molecule has 0 fully saturated rings. The van der Waals surface area contributed by atoms with Crippen molar-refractivity contribution in [2.75, 3.05) is 13.2 Å². The van der Waals surface area contributed by atoms with E-state index in [1.54, 1.807) is 36.4 Å². The Kier molecular flexibility index (Phi) is 7.70. The summed E-state index contributed by atoms with van der Waals surface area (Å²) in [4.78, 5) is 23.8. The quantitative estimate of drug-likeness (QED) is 0.357. The molecule has 0 aromatic heterocycles. The second kappa shape index (κ2) is 9.77. The summed E-state index contributed by atoms with van der Waals surface area (Å²) in [5, 5.41) is 0. The van der Waals surface area contributed by atoms with Gasteiger partial charge in [-0.05, 0) is 37.6 Å². The Morgan fingerprint density at radius 1 is 1.04 bits per heavy atom. The summed E-state index contributed by atoms with van der Waals surface area (Å²) in [5.74, 6) is -0.736. The van der Waals surface area contributed by atoms with Gasteiger partial charge in [0.2, 0.25) is 10.0 Å². The lowest BCUT2D eigenvalue weighted by Gasteiger charge is -2.08. The van der Waals surface area contributed by atoms with Crippen molar-refractivity contribution in [3.05, 3.63) is 64.1 Å². The first-order valence-corrected chi connectivity index (χ1v) is 10.6. The Bertz CT molecular complexity index is 893. The minimum absolute atomic E-state index is 0.0429. The number of sulfonamides is 1. The van der Waals surface area contributed by atoms with Crippen molar-refractivity contribution in [3.8, 4) is 0 Å². The fourth-order valence-electron chi connectivity index (χ4n) is 2.20. The van der Waals surface area contributed by atoms with Gasteiger partial charge in [0.1, 0.15) is 6.54 Å². The number of carbonyl (C=O) groups excluding carboxylic acids is 2. The van der Waals surface area contributed by atoms with Crippen molar-refractivity contribution in [3.63, 3.8) is 0 Å². The zero-order chi connectivity index (χ0) is 19.9. The van der Waals surface area contributed by atoms with Crippen LogP contribution in [0.2, 0.25) is 0 Å². The highest BCUT2D eigenvalue weighted by Gasteiger charge is 2.16. The summed E-state index contributed by atoms with van der Waals surface area (Å²) in [6.07, 6.45) is 0.607. The van der Waals surface area contributed by atoms with Crippen LogP contribution in [0.25, 0.3) is 0 Å². The van der Waals surface area contributed by atoms with Gasteiger partial charge in [-0.15, -0.1) is 0 Å². The van der Waals surface area contributed by atoms with E-state index in [2.05, 4.69) is 20.7 Å². The van der Waals surface area contributed by atoms with Crippen LogP contribution >= 0.6 is 15.9 Å². The van der Waals surface area contributed by atoms with E-state index in [9.17, 15) is 18.0 Å². The first kappa shape index (κ1) is 21.3. The SMILES string of the molecule is Cc1ccc(S(=O)(=O)NCC(=O)OCCCC(=O)c2ccc(Br)cc2)cc1. The van der Waals surface area contributed by atoms with Gasteiger partial charge in [0.05, 0.1) is 11.5 Å². The monoisotopic (exact) mass is 453 g/mol. The molecule has 144 valence electrons. The molecule has 0 bridgehead atoms. The van der Waals surface area contributed by atoms with E-state index in [-0.39, 0.29) is 23.7 Å². The van der Waals surface area contributed by atoms with Crippen LogP contribution in [0.15, 0.2) is 57.9 Å². The number of aryl methyl sites for hydroxylation is 1. The average Bonchev–Trinajstić information content (AvgIpc) is 2.64. The molecule has 0 aliphatic rings. The highest BCUT2D eigenvalue weighted by atomic mass is 79.9. The third-order valence-corrected chi connectivity index (χ3v) is 5.66. The number of ether oxygens (including phenoxy) is 1. The summed E-state index contributed by atoms with van der Waals surface area (Å²) in [6, 6.07) is 13.3. The Balaban J connectivity index is 1.71. The smallest absolute Gasteiger partial charge is 0.321 e. The van der Waals surface area contributed by atoms with Crippen LogP contribution < -0.4 is 4.72 Å². The number of benzene rings is 2. The van der Waals surface area contributed by atoms with E-state index in [4.69, 9.17) is 4.74 Å². The summed E-state index contributed by atoms with van der Waals surface area (Å²) in [5.41, 5.74) is 1.53. The van der Waals surface area contributed by atoms with Gasteiger partial charge in [-0.1, -0.05) is 45.8 Å². The number of halogens is 1. The molecule has 0 amide bonds. The second-order valence-electron chi connectivity index (χ2n) is 5.89. The maximum Gasteiger partial charge on any atom is 0.321 e. The molecule has 27 heavy (non-hydrogen) atoms. The third kappa shape index (κ3) is 6.89. The van der Waals surface area contributed by atoms with E-state index in [1.165, 1.54) is 12.1 Å². The van der Waals surface area contributed by atoms with Gasteiger partial charge >= 0.3 is 5.97 Å². The number of Topliss-reactive ketones (excluding diaryl/α,β-unsaturated/α-hetero) is 1. The molecular weight excluding hydrogens is 434 g/mol. The largest absolute Gasteiger partial charge is 0.465 e. The highest BCUT2D eigenvalue weighted by molar-refractivity contribution is 9.10. The zero-order valence-electron chi connectivity index (χ0n) is 14.8. The van der Waals surface area contributed by atoms with Crippen LogP contribution in [0.3, 0.4) is 0 Å². The molecule has 0 atom stereocenters. The number of hydrogen-bond acceptors (Lipinski definition) is 5. The molecule has 0 aliphatic heterocycles. The fourth-order valence-corrected chi connectivity index (χ4v) is 3.44. The number of rotatable bonds is 9. The normalized spacial score (nSPS) is 11.2. The number of carbonyl (C=O) groups is 2. The van der Waals surface area contributed by atoms with E-state index >= 15 is 0 Å². The van der Waals surface area contributed by atoms with Gasteiger partial charge in [-0.3, -0.25) is 9.59 Å². The van der Waals surface area contributed by atoms with Crippen molar-refractivity contribution in [1.82, 2.24) is 4.72 Å². The lowest BCUT2D eigenvalue weighted by atomic mass is 10.1. The van der Waals surface area contributed by atoms with Gasteiger partial charge < -0.3 is 4.74 Å². The average molecular weight is 454 g/mol. The molecule has 2 aromatic rings. The summed E-state index contributed by atoms with van der Waals surface area (Å²) in [6.45, 7) is 1.44. The molecule has 0 aliphatic carbocycles. The van der Waals surface area contributed by atoms with Gasteiger partial charge in [-0.25, -0.2) is 8.42 Å². The molecular formula is C19H20BrNO5S. The van der Waals surface area contributed by atoms with Crippen LogP contribution in [0.4, 0.5) is 0 Å². The predicted molar refractivity (Wildman–Crippen MR) is 105 cm³/mol. The topological polar surface area (TPSA) is 89.5 Å². The van der Waals surface area contributed by atoms with Crippen molar-refractivity contribution in [2.24, 2.45) is 0 Å². The van der Waals surface area contributed by atoms with Gasteiger partial charge in [0.25, 0.3) is 0 Å². The van der Waals surface area contributed by atoms with Crippen molar-refractivity contribution < 1.29 is 22.7 Å². The predicted octanol–water partition coefficient (Wildman–Crippen LogP) is 3.24. The Morgan fingerprint density at radius 2 is 1.67 bits per heavy atom. The van der Waals surface area contributed by atoms with Crippen LogP contribution in [-0.2, 0) is 19.6 Å². The standard InChI is InChI=1S/C19H20BrNO5S/c1-14-4-10-17(11-5-14)27(24,25)21-13-19(23)26-12-2-3-18(22)15-6-8-16(20)9-7-15/h4-11,21H,2-3,12-13H2,1H3. The molecule has 0 saturated carbocycles. The van der Waals surface area contributed by atoms with Crippen LogP contribution in [0, 0.1) is 6.92 Å². The Hall–Kier alpha value is -2.03. The van der Waals surface area contributed by atoms with Crippen molar-refractivity contribution in [1.29, 1.82) is 0 Å². The maximum atomic E-state index is 12.1. The summed E-state index contributed by atoms with van der Waals surface area (Å²) in [7, 11) is -3.76. The highest BCUT2D eigenvalue weighted by Crippen LogP contribution is 2.13. The first-order valence-electron chi connectivity index (χ1n) is 8.29. The van der Waals surface area contributed by atoms with Gasteiger partial charge in [0.15, 0.2) is 5.78 Å². The lowest BCUT2D eigenvalue weighted by Crippen LogP contribution is -2.30. The number of nitrogens with one attached hydrogen (secondary N) is 1. The van der Waals surface area contributed by atoms with Gasteiger partial charge in [-0.2, -0.15) is 4.72 Å². The number of hydrogen-bond donors (Lipinski definition) is 1. The molecule has 8 heteroatoms. The molecule has 0 saturated heterocycles. The summed E-state index contributed by atoms with van der Waals surface area (Å²) >= 11 is 3.30. The molecule has 0 radical (unpaired) electrons. The second-order valence-corrected chi connectivity index (χ2v) is 8.57. The molecule has 0 heterocycles. The van der Waals surface area contributed by atoms with Crippen molar-refractivity contribution in [2.45, 2.75) is 24.7 Å². The van der Waals surface area contributed by atoms with Crippen LogP contribution in [0.5, 0.6) is 0 Å². The molecule has 0 unspecified atom stereocenters. The Morgan fingerprint density at radius 3 is 2.30 bits per heavy atom. The number of esters is 1. The third-order valence-electron chi connectivity index (χ3n) is 3.72. The molecule has 2 aromatic carbocycles. The molecule has 6 nitrogen and oxygen atoms in total. The van der Waals surface area contributed by atoms with Crippen LogP contribution in [0.1, 0.15) is 28.8 Å². The maximum absolute atomic E-state index is 12.1. The van der Waals surface area contributed by atoms with E-state index < -0.39 is 22.5 Å². The Labute approximate surface area is 167 Å². The minimum Gasteiger partial charge on any atom is -0.465 e. The lowest BCUT2D eigenvalue weighted by molar-refractivity contribution is -0.142. The summed E-state index contributed by atoms with van der Waals surface area (Å²) < 4.78 is 32.2. The fraction of sp³-hybridized carbons (Fsp3) is 0.263. The van der Waals surface area contributed by atoms with Crippen LogP contribution in [-0.4, -0.2) is 33.3 Å². The minimum atomic E-state index is -3.76. The zero-order valence-corrected chi connectivity index (χ0v) is 17.2. The molecule has 1 N–H and O–H groups in total. The number of ketones is 1. The van der Waals surface area contributed by atoms with E-state index in [0.29, 0.717) is 12.0 Å². The van der Waals surface area contributed by atoms with Gasteiger partial charge in [0, 0.05) is 16.5 Å². The first-order chi connectivity index (χ1) is 12.8. The van der Waals surface area contributed by atoms with E-state index in [1.807, 2.05) is 6.92 Å². The van der Waals surface area contributed by atoms with Crippen molar-refractivity contribution >= 4 is 37.7 Å². The van der Waals surface area contributed by atoms with E-state index in [0.717, 1.165) is 10.0 Å². The molecule has 0 spiro atoms.